The minimum Gasteiger partial charge on any atom is -0.383 e. The Kier molecular flexibility index (Phi) is 5.71. The SMILES string of the molecule is COCC(C)NC(=O)CSc1nccnc1N. The number of nitrogens with one attached hydrogen (secondary N) is 1. The van der Waals surface area contributed by atoms with Crippen molar-refractivity contribution < 1.29 is 9.53 Å². The summed E-state index contributed by atoms with van der Waals surface area (Å²) in [4.78, 5) is 19.5. The number of aromatic nitrogens is 2. The Morgan fingerprint density at radius 3 is 2.94 bits per heavy atom. The maximum Gasteiger partial charge on any atom is 0.230 e. The van der Waals surface area contributed by atoms with Crippen LogP contribution in [0.25, 0.3) is 0 Å². The average Bonchev–Trinajstić information content (AvgIpc) is 2.28. The van der Waals surface area contributed by atoms with E-state index in [-0.39, 0.29) is 17.7 Å². The van der Waals surface area contributed by atoms with Crippen molar-refractivity contribution >= 4 is 23.5 Å². The maximum absolute atomic E-state index is 11.5. The molecule has 94 valence electrons. The van der Waals surface area contributed by atoms with Crippen molar-refractivity contribution in [3.63, 3.8) is 0 Å². The van der Waals surface area contributed by atoms with Gasteiger partial charge >= 0.3 is 0 Å². The van der Waals surface area contributed by atoms with Crippen molar-refractivity contribution in [1.29, 1.82) is 0 Å². The van der Waals surface area contributed by atoms with E-state index in [1.165, 1.54) is 18.0 Å². The Labute approximate surface area is 104 Å². The molecule has 0 fully saturated rings. The van der Waals surface area contributed by atoms with E-state index in [1.807, 2.05) is 6.92 Å². The largest absolute Gasteiger partial charge is 0.383 e. The van der Waals surface area contributed by atoms with Gasteiger partial charge in [0.2, 0.25) is 5.91 Å². The van der Waals surface area contributed by atoms with Crippen LogP contribution in [-0.2, 0) is 9.53 Å². The molecule has 0 aromatic carbocycles. The first kappa shape index (κ1) is 13.7. The highest BCUT2D eigenvalue weighted by Gasteiger charge is 2.09. The number of methoxy groups -OCH3 is 1. The molecule has 3 N–H and O–H groups in total. The highest BCUT2D eigenvalue weighted by atomic mass is 32.2. The third-order valence-corrected chi connectivity index (χ3v) is 2.85. The van der Waals surface area contributed by atoms with Gasteiger partial charge in [0, 0.05) is 25.5 Å². The number of carbonyl (C=O) groups is 1. The van der Waals surface area contributed by atoms with Crippen molar-refractivity contribution in [3.8, 4) is 0 Å². The number of thioether (sulfide) groups is 1. The van der Waals surface area contributed by atoms with E-state index >= 15 is 0 Å². The number of nitrogens with zero attached hydrogens (tertiary/aromatic N) is 2. The minimum atomic E-state index is -0.0791. The summed E-state index contributed by atoms with van der Waals surface area (Å²) in [6.45, 7) is 2.37. The van der Waals surface area contributed by atoms with Crippen LogP contribution in [0.4, 0.5) is 5.82 Å². The van der Waals surface area contributed by atoms with Crippen LogP contribution in [0.3, 0.4) is 0 Å². The number of nitrogens with two attached hydrogens (primary N) is 1. The normalized spacial score (nSPS) is 12.1. The summed E-state index contributed by atoms with van der Waals surface area (Å²) >= 11 is 1.26. The number of carbonyl (C=O) groups excluding carboxylic acids is 1. The summed E-state index contributed by atoms with van der Waals surface area (Å²) in [6, 6.07) is -0.00713. The molecule has 1 unspecified atom stereocenters. The molecule has 6 nitrogen and oxygen atoms in total. The van der Waals surface area contributed by atoms with Gasteiger partial charge in [-0.1, -0.05) is 11.8 Å². The molecule has 0 aliphatic rings. The van der Waals surface area contributed by atoms with Gasteiger partial charge in [0.1, 0.15) is 5.03 Å². The lowest BCUT2D eigenvalue weighted by molar-refractivity contribution is -0.119. The lowest BCUT2D eigenvalue weighted by atomic mass is 10.3. The molecular weight excluding hydrogens is 240 g/mol. The molecular formula is C10H16N4O2S. The Morgan fingerprint density at radius 1 is 1.59 bits per heavy atom. The number of amides is 1. The number of nitrogen functional groups attached to an aromatic ring is 1. The fourth-order valence-electron chi connectivity index (χ4n) is 1.19. The molecule has 1 atom stereocenters. The number of hydrogen-bond acceptors (Lipinski definition) is 6. The van der Waals surface area contributed by atoms with Crippen LogP contribution in [0.15, 0.2) is 17.4 Å². The number of rotatable bonds is 6. The molecule has 1 heterocycles. The average molecular weight is 256 g/mol. The Bertz CT molecular complexity index is 375. The zero-order valence-electron chi connectivity index (χ0n) is 9.84. The van der Waals surface area contributed by atoms with Crippen LogP contribution in [0, 0.1) is 0 Å². The van der Waals surface area contributed by atoms with E-state index in [0.717, 1.165) is 0 Å². The van der Waals surface area contributed by atoms with Crippen molar-refractivity contribution in [2.45, 2.75) is 18.0 Å². The first-order valence-electron chi connectivity index (χ1n) is 5.11. The van der Waals surface area contributed by atoms with Gasteiger partial charge in [-0.05, 0) is 6.92 Å². The Balaban J connectivity index is 2.36. The van der Waals surface area contributed by atoms with Crippen LogP contribution < -0.4 is 11.1 Å². The van der Waals surface area contributed by atoms with Gasteiger partial charge in [0.25, 0.3) is 0 Å². The van der Waals surface area contributed by atoms with Crippen LogP contribution in [0.2, 0.25) is 0 Å². The highest BCUT2D eigenvalue weighted by Crippen LogP contribution is 2.18. The summed E-state index contributed by atoms with van der Waals surface area (Å²) in [5.74, 6) is 0.525. The van der Waals surface area contributed by atoms with Gasteiger partial charge in [-0.2, -0.15) is 0 Å². The fraction of sp³-hybridized carbons (Fsp3) is 0.500. The first-order chi connectivity index (χ1) is 8.13. The second-order valence-electron chi connectivity index (χ2n) is 3.46. The molecule has 1 aromatic rings. The van der Waals surface area contributed by atoms with Gasteiger partial charge in [-0.3, -0.25) is 4.79 Å². The molecule has 0 spiro atoms. The molecule has 0 bridgehead atoms. The van der Waals surface area contributed by atoms with E-state index in [4.69, 9.17) is 10.5 Å². The molecule has 1 aromatic heterocycles. The predicted molar refractivity (Wildman–Crippen MR) is 66.6 cm³/mol. The topological polar surface area (TPSA) is 90.1 Å². The molecule has 0 aliphatic heterocycles. The van der Waals surface area contributed by atoms with Crippen molar-refractivity contribution in [1.82, 2.24) is 15.3 Å². The molecule has 0 aliphatic carbocycles. The summed E-state index contributed by atoms with van der Waals surface area (Å²) < 4.78 is 4.92. The summed E-state index contributed by atoms with van der Waals surface area (Å²) in [5, 5.41) is 3.37. The van der Waals surface area contributed by atoms with Crippen molar-refractivity contribution in [2.75, 3.05) is 25.2 Å². The zero-order valence-corrected chi connectivity index (χ0v) is 10.7. The Hall–Kier alpha value is -1.34. The van der Waals surface area contributed by atoms with Gasteiger partial charge in [-0.25, -0.2) is 9.97 Å². The monoisotopic (exact) mass is 256 g/mol. The van der Waals surface area contributed by atoms with Gasteiger partial charge in [-0.15, -0.1) is 0 Å². The third-order valence-electron chi connectivity index (χ3n) is 1.86. The predicted octanol–water partition coefficient (Wildman–Crippen LogP) is 0.302. The standard InChI is InChI=1S/C10H16N4O2S/c1-7(5-16-2)14-8(15)6-17-10-9(11)12-3-4-13-10/h3-4,7H,5-6H2,1-2H3,(H2,11,12)(H,14,15). The zero-order chi connectivity index (χ0) is 12.7. The van der Waals surface area contributed by atoms with E-state index in [9.17, 15) is 4.79 Å². The number of hydrogen-bond donors (Lipinski definition) is 2. The van der Waals surface area contributed by atoms with E-state index < -0.39 is 0 Å². The summed E-state index contributed by atoms with van der Waals surface area (Å²) in [6.07, 6.45) is 3.06. The van der Waals surface area contributed by atoms with E-state index in [0.29, 0.717) is 17.5 Å². The van der Waals surface area contributed by atoms with Crippen LogP contribution >= 0.6 is 11.8 Å². The lowest BCUT2D eigenvalue weighted by Crippen LogP contribution is -2.36. The van der Waals surface area contributed by atoms with Gasteiger partial charge < -0.3 is 15.8 Å². The molecule has 0 saturated heterocycles. The van der Waals surface area contributed by atoms with Crippen molar-refractivity contribution in [3.05, 3.63) is 12.4 Å². The summed E-state index contributed by atoms with van der Waals surface area (Å²) in [7, 11) is 1.59. The molecule has 1 amide bonds. The van der Waals surface area contributed by atoms with Gasteiger partial charge in [0.15, 0.2) is 5.82 Å². The molecule has 17 heavy (non-hydrogen) atoms. The first-order valence-corrected chi connectivity index (χ1v) is 6.09. The minimum absolute atomic E-state index is 0.00713. The molecule has 1 rings (SSSR count). The summed E-state index contributed by atoms with van der Waals surface area (Å²) in [5.41, 5.74) is 5.61. The number of anilines is 1. The second-order valence-corrected chi connectivity index (χ2v) is 4.42. The molecule has 0 radical (unpaired) electrons. The second kappa shape index (κ2) is 7.08. The number of ether oxygens (including phenoxy) is 1. The Morgan fingerprint density at radius 2 is 2.29 bits per heavy atom. The third kappa shape index (κ3) is 5.01. The maximum atomic E-state index is 11.5. The van der Waals surface area contributed by atoms with Crippen LogP contribution in [-0.4, -0.2) is 41.4 Å². The fourth-order valence-corrected chi connectivity index (χ4v) is 1.88. The van der Waals surface area contributed by atoms with Crippen LogP contribution in [0.5, 0.6) is 0 Å². The lowest BCUT2D eigenvalue weighted by Gasteiger charge is -2.12. The van der Waals surface area contributed by atoms with E-state index in [2.05, 4.69) is 15.3 Å². The van der Waals surface area contributed by atoms with Gasteiger partial charge in [0.05, 0.1) is 12.4 Å². The molecule has 0 saturated carbocycles. The smallest absolute Gasteiger partial charge is 0.230 e. The van der Waals surface area contributed by atoms with E-state index in [1.54, 1.807) is 13.3 Å². The quantitative estimate of drug-likeness (QED) is 0.712. The van der Waals surface area contributed by atoms with Crippen molar-refractivity contribution in [2.24, 2.45) is 0 Å². The van der Waals surface area contributed by atoms with Crippen LogP contribution in [0.1, 0.15) is 6.92 Å². The highest BCUT2D eigenvalue weighted by molar-refractivity contribution is 8.00. The molecule has 7 heteroatoms.